The molecule has 6 heteroatoms. The number of hydrogen-bond acceptors (Lipinski definition) is 5. The van der Waals surface area contributed by atoms with Gasteiger partial charge in [-0.25, -0.2) is 0 Å². The van der Waals surface area contributed by atoms with Gasteiger partial charge in [-0.1, -0.05) is 12.1 Å². The third-order valence-electron chi connectivity index (χ3n) is 3.65. The van der Waals surface area contributed by atoms with Crippen molar-refractivity contribution in [2.24, 2.45) is 0 Å². The van der Waals surface area contributed by atoms with Gasteiger partial charge in [-0.05, 0) is 25.0 Å². The van der Waals surface area contributed by atoms with Crippen LogP contribution in [0.3, 0.4) is 0 Å². The van der Waals surface area contributed by atoms with E-state index < -0.39 is 23.8 Å². The molecular weight excluding hydrogens is 284 g/mol. The molecule has 0 spiro atoms. The van der Waals surface area contributed by atoms with Crippen molar-refractivity contribution in [2.75, 3.05) is 7.11 Å². The number of imide groups is 1. The number of nitriles is 1. The van der Waals surface area contributed by atoms with Crippen molar-refractivity contribution in [3.05, 3.63) is 35.4 Å². The summed E-state index contributed by atoms with van der Waals surface area (Å²) >= 11 is 0. The maximum absolute atomic E-state index is 12.4. The highest BCUT2D eigenvalue weighted by atomic mass is 16.5. The van der Waals surface area contributed by atoms with Gasteiger partial charge in [0.15, 0.2) is 0 Å². The second-order valence-electron chi connectivity index (χ2n) is 5.01. The van der Waals surface area contributed by atoms with Gasteiger partial charge in [0.2, 0.25) is 0 Å². The molecule has 0 N–H and O–H groups in total. The first-order valence-corrected chi connectivity index (χ1v) is 7.00. The number of esters is 1. The molecule has 0 bridgehead atoms. The molecule has 1 aliphatic rings. The standard InChI is InChI=1S/C16H16N2O4/c1-22-14(19)10-11(6-4-5-9-17)18-15(20)12-7-2-3-8-13(12)16(18)21/h2-3,7-8,11H,4-6,10H2,1H3. The van der Waals surface area contributed by atoms with Gasteiger partial charge in [0, 0.05) is 6.42 Å². The Hall–Kier alpha value is -2.68. The van der Waals surface area contributed by atoms with Crippen molar-refractivity contribution < 1.29 is 19.1 Å². The lowest BCUT2D eigenvalue weighted by Crippen LogP contribution is -2.41. The molecule has 1 aromatic rings. The molecule has 2 rings (SSSR count). The predicted molar refractivity (Wildman–Crippen MR) is 76.8 cm³/mol. The number of amides is 2. The largest absolute Gasteiger partial charge is 0.469 e. The normalized spacial score (nSPS) is 14.5. The van der Waals surface area contributed by atoms with Crippen molar-refractivity contribution in [1.82, 2.24) is 4.90 Å². The molecule has 1 aromatic carbocycles. The van der Waals surface area contributed by atoms with Crippen LogP contribution in [0.5, 0.6) is 0 Å². The van der Waals surface area contributed by atoms with Gasteiger partial charge >= 0.3 is 5.97 Å². The molecule has 114 valence electrons. The van der Waals surface area contributed by atoms with E-state index in [4.69, 9.17) is 5.26 Å². The lowest BCUT2D eigenvalue weighted by atomic mass is 10.0. The highest BCUT2D eigenvalue weighted by Gasteiger charge is 2.40. The van der Waals surface area contributed by atoms with Crippen molar-refractivity contribution in [3.8, 4) is 6.07 Å². The molecule has 6 nitrogen and oxygen atoms in total. The zero-order chi connectivity index (χ0) is 16.1. The molecule has 0 aliphatic carbocycles. The van der Waals surface area contributed by atoms with E-state index in [1.54, 1.807) is 24.3 Å². The van der Waals surface area contributed by atoms with Crippen LogP contribution in [0.4, 0.5) is 0 Å². The van der Waals surface area contributed by atoms with Crippen LogP contribution in [-0.2, 0) is 9.53 Å². The van der Waals surface area contributed by atoms with E-state index in [1.807, 2.05) is 6.07 Å². The van der Waals surface area contributed by atoms with Crippen LogP contribution >= 0.6 is 0 Å². The fourth-order valence-corrected chi connectivity index (χ4v) is 2.55. The molecule has 1 atom stereocenters. The van der Waals surface area contributed by atoms with Crippen molar-refractivity contribution in [2.45, 2.75) is 31.7 Å². The maximum atomic E-state index is 12.4. The van der Waals surface area contributed by atoms with Gasteiger partial charge in [-0.15, -0.1) is 0 Å². The van der Waals surface area contributed by atoms with E-state index in [-0.39, 0.29) is 6.42 Å². The fraction of sp³-hybridized carbons (Fsp3) is 0.375. The molecule has 1 aliphatic heterocycles. The van der Waals surface area contributed by atoms with Gasteiger partial charge in [0.1, 0.15) is 0 Å². The number of ether oxygens (including phenoxy) is 1. The van der Waals surface area contributed by atoms with Gasteiger partial charge in [-0.2, -0.15) is 5.26 Å². The number of nitrogens with zero attached hydrogens (tertiary/aromatic N) is 2. The third-order valence-corrected chi connectivity index (χ3v) is 3.65. The van der Waals surface area contributed by atoms with Crippen LogP contribution in [-0.4, -0.2) is 35.8 Å². The average Bonchev–Trinajstić information content (AvgIpc) is 2.78. The SMILES string of the molecule is COC(=O)CC(CCCC#N)N1C(=O)c2ccccc2C1=O. The van der Waals surface area contributed by atoms with Crippen LogP contribution in [0.1, 0.15) is 46.4 Å². The van der Waals surface area contributed by atoms with Gasteiger partial charge in [0.05, 0.1) is 36.8 Å². The number of unbranched alkanes of at least 4 members (excludes halogenated alkanes) is 1. The number of carbonyl (C=O) groups is 3. The Kier molecular flexibility index (Phi) is 4.89. The van der Waals surface area contributed by atoms with Crippen molar-refractivity contribution >= 4 is 17.8 Å². The number of hydrogen-bond donors (Lipinski definition) is 0. The Morgan fingerprint density at radius 1 is 1.27 bits per heavy atom. The Bertz CT molecular complexity index is 613. The van der Waals surface area contributed by atoms with Gasteiger partial charge in [0.25, 0.3) is 11.8 Å². The molecule has 22 heavy (non-hydrogen) atoms. The number of benzene rings is 1. The zero-order valence-electron chi connectivity index (χ0n) is 12.2. The quantitative estimate of drug-likeness (QED) is 0.455. The Morgan fingerprint density at radius 3 is 2.36 bits per heavy atom. The lowest BCUT2D eigenvalue weighted by molar-refractivity contribution is -0.141. The second kappa shape index (κ2) is 6.85. The highest BCUT2D eigenvalue weighted by molar-refractivity contribution is 6.21. The first-order valence-electron chi connectivity index (χ1n) is 7.00. The number of carbonyl (C=O) groups excluding carboxylic acids is 3. The fourth-order valence-electron chi connectivity index (χ4n) is 2.55. The summed E-state index contributed by atoms with van der Waals surface area (Å²) in [5.41, 5.74) is 0.699. The van der Waals surface area contributed by atoms with Crippen LogP contribution in [0.15, 0.2) is 24.3 Å². The van der Waals surface area contributed by atoms with Crippen molar-refractivity contribution in [3.63, 3.8) is 0 Å². The first-order chi connectivity index (χ1) is 10.6. The zero-order valence-corrected chi connectivity index (χ0v) is 12.2. The summed E-state index contributed by atoms with van der Waals surface area (Å²) in [6.45, 7) is 0. The third kappa shape index (κ3) is 2.98. The Labute approximate surface area is 128 Å². The summed E-state index contributed by atoms with van der Waals surface area (Å²) in [5.74, 6) is -1.28. The number of methoxy groups -OCH3 is 1. The van der Waals surface area contributed by atoms with E-state index in [0.29, 0.717) is 30.4 Å². The van der Waals surface area contributed by atoms with E-state index in [9.17, 15) is 14.4 Å². The monoisotopic (exact) mass is 300 g/mol. The minimum absolute atomic E-state index is 0.0621. The summed E-state index contributed by atoms with van der Waals surface area (Å²) in [5, 5.41) is 8.63. The first kappa shape index (κ1) is 15.7. The summed E-state index contributed by atoms with van der Waals surface area (Å²) in [7, 11) is 1.26. The van der Waals surface area contributed by atoms with Crippen LogP contribution < -0.4 is 0 Å². The summed E-state index contributed by atoms with van der Waals surface area (Å²) in [6, 6.07) is 8.01. The summed E-state index contributed by atoms with van der Waals surface area (Å²) in [6.07, 6.45) is 1.15. The second-order valence-corrected chi connectivity index (χ2v) is 5.01. The summed E-state index contributed by atoms with van der Waals surface area (Å²) in [4.78, 5) is 37.6. The smallest absolute Gasteiger partial charge is 0.307 e. The molecule has 0 fully saturated rings. The predicted octanol–water partition coefficient (Wildman–Crippen LogP) is 1.91. The Morgan fingerprint density at radius 2 is 1.86 bits per heavy atom. The minimum atomic E-state index is -0.590. The van der Waals surface area contributed by atoms with E-state index in [2.05, 4.69) is 4.74 Å². The van der Waals surface area contributed by atoms with Crippen LogP contribution in [0.2, 0.25) is 0 Å². The number of fused-ring (bicyclic) bond motifs is 1. The molecule has 0 aromatic heterocycles. The molecular formula is C16H16N2O4. The highest BCUT2D eigenvalue weighted by Crippen LogP contribution is 2.27. The lowest BCUT2D eigenvalue weighted by Gasteiger charge is -2.25. The molecule has 0 saturated carbocycles. The molecule has 2 amide bonds. The van der Waals surface area contributed by atoms with E-state index in [0.717, 1.165) is 4.90 Å². The van der Waals surface area contributed by atoms with Crippen molar-refractivity contribution in [1.29, 1.82) is 5.26 Å². The van der Waals surface area contributed by atoms with Gasteiger partial charge < -0.3 is 4.74 Å². The van der Waals surface area contributed by atoms with Gasteiger partial charge in [-0.3, -0.25) is 19.3 Å². The maximum Gasteiger partial charge on any atom is 0.307 e. The molecule has 1 unspecified atom stereocenters. The molecule has 0 radical (unpaired) electrons. The molecule has 1 heterocycles. The Balaban J connectivity index is 2.24. The summed E-state index contributed by atoms with van der Waals surface area (Å²) < 4.78 is 4.64. The number of rotatable bonds is 6. The van der Waals surface area contributed by atoms with E-state index in [1.165, 1.54) is 7.11 Å². The minimum Gasteiger partial charge on any atom is -0.469 e. The van der Waals surface area contributed by atoms with E-state index >= 15 is 0 Å². The van der Waals surface area contributed by atoms with Crippen LogP contribution in [0.25, 0.3) is 0 Å². The molecule has 0 saturated heterocycles. The topological polar surface area (TPSA) is 87.5 Å². The van der Waals surface area contributed by atoms with Crippen LogP contribution in [0, 0.1) is 11.3 Å². The average molecular weight is 300 g/mol.